The standard InChI is InChI=1S/C12H8BrClN2O/c13-10-3-8(5-15-7-10)4-11(17)9-1-2-12(14)16-6-9/h1-3,5-7H,4H2. The largest absolute Gasteiger partial charge is 0.294 e. The first-order chi connectivity index (χ1) is 8.15. The summed E-state index contributed by atoms with van der Waals surface area (Å²) in [5.41, 5.74) is 1.41. The fourth-order valence-electron chi connectivity index (χ4n) is 1.38. The lowest BCUT2D eigenvalue weighted by Crippen LogP contribution is -2.04. The molecule has 17 heavy (non-hydrogen) atoms. The van der Waals surface area contributed by atoms with E-state index in [1.165, 1.54) is 6.20 Å². The van der Waals surface area contributed by atoms with Crippen molar-refractivity contribution >= 4 is 33.3 Å². The number of hydrogen-bond acceptors (Lipinski definition) is 3. The first-order valence-corrected chi connectivity index (χ1v) is 6.06. The maximum absolute atomic E-state index is 11.9. The van der Waals surface area contributed by atoms with Crippen LogP contribution in [-0.4, -0.2) is 15.8 Å². The van der Waals surface area contributed by atoms with E-state index in [9.17, 15) is 4.79 Å². The van der Waals surface area contributed by atoms with E-state index in [2.05, 4.69) is 25.9 Å². The number of carbonyl (C=O) groups is 1. The molecule has 0 bridgehead atoms. The highest BCUT2D eigenvalue weighted by atomic mass is 79.9. The van der Waals surface area contributed by atoms with Gasteiger partial charge < -0.3 is 0 Å². The van der Waals surface area contributed by atoms with Crippen LogP contribution in [0.2, 0.25) is 5.15 Å². The van der Waals surface area contributed by atoms with E-state index in [-0.39, 0.29) is 5.78 Å². The molecule has 0 aliphatic rings. The summed E-state index contributed by atoms with van der Waals surface area (Å²) in [5.74, 6) is -0.00549. The van der Waals surface area contributed by atoms with Crippen LogP contribution >= 0.6 is 27.5 Å². The van der Waals surface area contributed by atoms with Gasteiger partial charge in [-0.3, -0.25) is 9.78 Å². The zero-order valence-electron chi connectivity index (χ0n) is 8.73. The Morgan fingerprint density at radius 3 is 2.76 bits per heavy atom. The second kappa shape index (κ2) is 5.38. The second-order valence-corrected chi connectivity index (χ2v) is 4.78. The average molecular weight is 312 g/mol. The Kier molecular flexibility index (Phi) is 3.86. The van der Waals surface area contributed by atoms with Gasteiger partial charge >= 0.3 is 0 Å². The minimum absolute atomic E-state index is 0.00549. The molecule has 0 atom stereocenters. The summed E-state index contributed by atoms with van der Waals surface area (Å²) in [4.78, 5) is 19.8. The number of nitrogens with zero attached hydrogens (tertiary/aromatic N) is 2. The van der Waals surface area contributed by atoms with Gasteiger partial charge in [-0.05, 0) is 39.7 Å². The summed E-state index contributed by atoms with van der Waals surface area (Å²) in [5, 5.41) is 0.380. The van der Waals surface area contributed by atoms with E-state index in [4.69, 9.17) is 11.6 Å². The molecule has 0 aromatic carbocycles. The molecule has 0 saturated carbocycles. The summed E-state index contributed by atoms with van der Waals surface area (Å²) in [6.45, 7) is 0. The highest BCUT2D eigenvalue weighted by Gasteiger charge is 2.08. The van der Waals surface area contributed by atoms with Gasteiger partial charge in [0.25, 0.3) is 0 Å². The van der Waals surface area contributed by atoms with E-state index in [0.717, 1.165) is 10.0 Å². The van der Waals surface area contributed by atoms with Crippen molar-refractivity contribution in [3.63, 3.8) is 0 Å². The van der Waals surface area contributed by atoms with E-state index in [0.29, 0.717) is 17.1 Å². The van der Waals surface area contributed by atoms with Gasteiger partial charge in [0.15, 0.2) is 5.78 Å². The van der Waals surface area contributed by atoms with E-state index < -0.39 is 0 Å². The maximum Gasteiger partial charge on any atom is 0.168 e. The highest BCUT2D eigenvalue weighted by Crippen LogP contribution is 2.13. The highest BCUT2D eigenvalue weighted by molar-refractivity contribution is 9.10. The Balaban J connectivity index is 2.14. The van der Waals surface area contributed by atoms with Crippen molar-refractivity contribution in [2.75, 3.05) is 0 Å². The summed E-state index contributed by atoms with van der Waals surface area (Å²) in [7, 11) is 0. The molecule has 2 aromatic rings. The van der Waals surface area contributed by atoms with Crippen LogP contribution in [0.3, 0.4) is 0 Å². The fourth-order valence-corrected chi connectivity index (χ4v) is 1.90. The average Bonchev–Trinajstić information content (AvgIpc) is 2.29. The molecule has 0 aliphatic heterocycles. The minimum atomic E-state index is -0.00549. The number of carbonyl (C=O) groups excluding carboxylic acids is 1. The molecule has 2 heterocycles. The van der Waals surface area contributed by atoms with Crippen LogP contribution in [0.25, 0.3) is 0 Å². The third kappa shape index (κ3) is 3.35. The molecule has 0 aliphatic carbocycles. The molecule has 0 unspecified atom stereocenters. The lowest BCUT2D eigenvalue weighted by Gasteiger charge is -2.01. The van der Waals surface area contributed by atoms with Crippen molar-refractivity contribution in [2.24, 2.45) is 0 Å². The monoisotopic (exact) mass is 310 g/mol. The third-order valence-electron chi connectivity index (χ3n) is 2.18. The van der Waals surface area contributed by atoms with Crippen molar-refractivity contribution in [2.45, 2.75) is 6.42 Å². The molecule has 0 saturated heterocycles. The van der Waals surface area contributed by atoms with Gasteiger partial charge in [0.2, 0.25) is 0 Å². The molecule has 2 rings (SSSR count). The Morgan fingerprint density at radius 2 is 2.12 bits per heavy atom. The van der Waals surface area contributed by atoms with Gasteiger partial charge in [-0.1, -0.05) is 11.6 Å². The van der Waals surface area contributed by atoms with Gasteiger partial charge in [0, 0.05) is 35.0 Å². The van der Waals surface area contributed by atoms with Crippen molar-refractivity contribution in [3.8, 4) is 0 Å². The third-order valence-corrected chi connectivity index (χ3v) is 2.83. The number of hydrogen-bond donors (Lipinski definition) is 0. The SMILES string of the molecule is O=C(Cc1cncc(Br)c1)c1ccc(Cl)nc1. The van der Waals surface area contributed by atoms with Gasteiger partial charge in [-0.15, -0.1) is 0 Å². The van der Waals surface area contributed by atoms with Crippen molar-refractivity contribution in [1.29, 1.82) is 0 Å². The molecular formula is C12H8BrClN2O. The van der Waals surface area contributed by atoms with Crippen LogP contribution < -0.4 is 0 Å². The summed E-state index contributed by atoms with van der Waals surface area (Å²) < 4.78 is 0.858. The van der Waals surface area contributed by atoms with Crippen LogP contribution in [0.5, 0.6) is 0 Å². The predicted molar refractivity (Wildman–Crippen MR) is 69.2 cm³/mol. The van der Waals surface area contributed by atoms with Gasteiger partial charge in [0.1, 0.15) is 5.15 Å². The Hall–Kier alpha value is -1.26. The molecular weight excluding hydrogens is 304 g/mol. The van der Waals surface area contributed by atoms with Crippen LogP contribution in [0.1, 0.15) is 15.9 Å². The molecule has 0 fully saturated rings. The van der Waals surface area contributed by atoms with Crippen LogP contribution in [-0.2, 0) is 6.42 Å². The van der Waals surface area contributed by atoms with E-state index in [1.54, 1.807) is 24.5 Å². The normalized spacial score (nSPS) is 10.2. The van der Waals surface area contributed by atoms with E-state index in [1.807, 2.05) is 6.07 Å². The summed E-state index contributed by atoms with van der Waals surface area (Å²) >= 11 is 8.97. The topological polar surface area (TPSA) is 42.9 Å². The fraction of sp³-hybridized carbons (Fsp3) is 0.0833. The number of ketones is 1. The van der Waals surface area contributed by atoms with Gasteiger partial charge in [-0.2, -0.15) is 0 Å². The Morgan fingerprint density at radius 1 is 1.29 bits per heavy atom. The number of halogens is 2. The van der Waals surface area contributed by atoms with Crippen LogP contribution in [0.15, 0.2) is 41.3 Å². The van der Waals surface area contributed by atoms with Crippen molar-refractivity contribution in [1.82, 2.24) is 9.97 Å². The number of pyridine rings is 2. The minimum Gasteiger partial charge on any atom is -0.294 e. The van der Waals surface area contributed by atoms with Gasteiger partial charge in [-0.25, -0.2) is 4.98 Å². The lowest BCUT2D eigenvalue weighted by molar-refractivity contribution is 0.0992. The number of rotatable bonds is 3. The molecule has 0 radical (unpaired) electrons. The summed E-state index contributed by atoms with van der Waals surface area (Å²) in [6.07, 6.45) is 5.13. The summed E-state index contributed by atoms with van der Waals surface area (Å²) in [6, 6.07) is 5.14. The van der Waals surface area contributed by atoms with Crippen molar-refractivity contribution < 1.29 is 4.79 Å². The molecule has 2 aromatic heterocycles. The molecule has 86 valence electrons. The molecule has 5 heteroatoms. The quantitative estimate of drug-likeness (QED) is 0.645. The van der Waals surface area contributed by atoms with Crippen LogP contribution in [0.4, 0.5) is 0 Å². The number of aromatic nitrogens is 2. The smallest absolute Gasteiger partial charge is 0.168 e. The Bertz CT molecular complexity index is 542. The van der Waals surface area contributed by atoms with Gasteiger partial charge in [0.05, 0.1) is 0 Å². The van der Waals surface area contributed by atoms with Crippen LogP contribution in [0, 0.1) is 0 Å². The Labute approximate surface area is 112 Å². The first-order valence-electron chi connectivity index (χ1n) is 4.89. The molecule has 0 N–H and O–H groups in total. The predicted octanol–water partition coefficient (Wildman–Crippen LogP) is 3.32. The zero-order chi connectivity index (χ0) is 12.3. The lowest BCUT2D eigenvalue weighted by atomic mass is 10.1. The molecule has 0 amide bonds. The second-order valence-electron chi connectivity index (χ2n) is 3.48. The zero-order valence-corrected chi connectivity index (χ0v) is 11.1. The molecule has 3 nitrogen and oxygen atoms in total. The number of Topliss-reactive ketones (excluding diaryl/α,β-unsaturated/α-hetero) is 1. The first kappa shape index (κ1) is 12.2. The maximum atomic E-state index is 11.9. The van der Waals surface area contributed by atoms with Crippen molar-refractivity contribution in [3.05, 3.63) is 57.5 Å². The molecule has 0 spiro atoms. The van der Waals surface area contributed by atoms with E-state index >= 15 is 0 Å².